The van der Waals surface area contributed by atoms with Gasteiger partial charge in [-0.2, -0.15) is 0 Å². The van der Waals surface area contributed by atoms with E-state index < -0.39 is 0 Å². The van der Waals surface area contributed by atoms with E-state index >= 15 is 0 Å². The number of nitrogens with two attached hydrogens (primary N) is 1. The monoisotopic (exact) mass is 308 g/mol. The highest BCUT2D eigenvalue weighted by Crippen LogP contribution is 2.29. The van der Waals surface area contributed by atoms with Crippen molar-refractivity contribution in [3.05, 3.63) is 34.3 Å². The molecule has 2 N–H and O–H groups in total. The second-order valence-corrected chi connectivity index (χ2v) is 5.94. The summed E-state index contributed by atoms with van der Waals surface area (Å²) in [5.74, 6) is 0.867. The lowest BCUT2D eigenvalue weighted by Crippen LogP contribution is -2.37. The molecule has 0 aromatic heterocycles. The molecule has 0 amide bonds. The minimum absolute atomic E-state index is 0.266. The Morgan fingerprint density at radius 1 is 1.33 bits per heavy atom. The molecule has 1 fully saturated rings. The molecule has 4 heteroatoms. The topological polar surface area (TPSA) is 47.6 Å². The first-order chi connectivity index (χ1) is 8.72. The van der Waals surface area contributed by atoms with Crippen molar-refractivity contribution < 1.29 is 4.74 Å². The Morgan fingerprint density at radius 3 is 3.00 bits per heavy atom. The predicted molar refractivity (Wildman–Crippen MR) is 75.8 cm³/mol. The summed E-state index contributed by atoms with van der Waals surface area (Å²) in [6.45, 7) is 0. The van der Waals surface area contributed by atoms with Crippen molar-refractivity contribution in [3.8, 4) is 0 Å². The number of aliphatic imine (C=N–C) groups is 1. The normalized spacial score (nSPS) is 30.6. The molecular formula is C14H17BrN2O. The molecule has 96 valence electrons. The molecule has 3 rings (SSSR count). The number of rotatable bonds is 2. The van der Waals surface area contributed by atoms with E-state index in [0.29, 0.717) is 6.04 Å². The average Bonchev–Trinajstić information content (AvgIpc) is 2.73. The van der Waals surface area contributed by atoms with Gasteiger partial charge in [-0.25, -0.2) is 4.99 Å². The Hall–Kier alpha value is -0.870. The predicted octanol–water partition coefficient (Wildman–Crippen LogP) is 2.67. The van der Waals surface area contributed by atoms with Gasteiger partial charge in [0.25, 0.3) is 0 Å². The van der Waals surface area contributed by atoms with Crippen LogP contribution in [-0.4, -0.2) is 24.1 Å². The number of fused-ring (bicyclic) bond motifs is 1. The van der Waals surface area contributed by atoms with E-state index in [2.05, 4.69) is 22.0 Å². The number of hydrogen-bond acceptors (Lipinski definition) is 3. The van der Waals surface area contributed by atoms with Gasteiger partial charge in [0, 0.05) is 16.9 Å². The van der Waals surface area contributed by atoms with Crippen LogP contribution in [0.4, 0.5) is 0 Å². The second-order valence-electron chi connectivity index (χ2n) is 5.09. The highest BCUT2D eigenvalue weighted by molar-refractivity contribution is 9.10. The number of ether oxygens (including phenoxy) is 1. The summed E-state index contributed by atoms with van der Waals surface area (Å²) in [4.78, 5) is 4.69. The second kappa shape index (κ2) is 5.02. The van der Waals surface area contributed by atoms with Gasteiger partial charge in [0.05, 0.1) is 6.04 Å². The molecule has 3 atom stereocenters. The fourth-order valence-electron chi connectivity index (χ4n) is 2.71. The largest absolute Gasteiger partial charge is 0.475 e. The summed E-state index contributed by atoms with van der Waals surface area (Å²) in [6.07, 6.45) is 4.09. The van der Waals surface area contributed by atoms with Crippen molar-refractivity contribution in [2.75, 3.05) is 0 Å². The van der Waals surface area contributed by atoms with Gasteiger partial charge in [-0.15, -0.1) is 0 Å². The van der Waals surface area contributed by atoms with Crippen LogP contribution in [0.3, 0.4) is 0 Å². The molecule has 3 unspecified atom stereocenters. The lowest BCUT2D eigenvalue weighted by Gasteiger charge is -2.26. The van der Waals surface area contributed by atoms with Gasteiger partial charge in [0.2, 0.25) is 0 Å². The van der Waals surface area contributed by atoms with Crippen molar-refractivity contribution in [2.45, 2.75) is 43.9 Å². The van der Waals surface area contributed by atoms with Crippen molar-refractivity contribution in [1.82, 2.24) is 0 Å². The van der Waals surface area contributed by atoms with E-state index in [0.717, 1.165) is 36.1 Å². The van der Waals surface area contributed by atoms with E-state index in [4.69, 9.17) is 15.5 Å². The zero-order valence-electron chi connectivity index (χ0n) is 10.2. The van der Waals surface area contributed by atoms with E-state index in [1.54, 1.807) is 0 Å². The van der Waals surface area contributed by atoms with Gasteiger partial charge in [-0.1, -0.05) is 34.1 Å². The summed E-state index contributed by atoms with van der Waals surface area (Å²) in [7, 11) is 0. The van der Waals surface area contributed by atoms with Crippen molar-refractivity contribution in [3.63, 3.8) is 0 Å². The van der Waals surface area contributed by atoms with Crippen LogP contribution in [0.25, 0.3) is 0 Å². The van der Waals surface area contributed by atoms with E-state index in [9.17, 15) is 0 Å². The van der Waals surface area contributed by atoms with Crippen molar-refractivity contribution >= 4 is 21.8 Å². The van der Waals surface area contributed by atoms with Gasteiger partial charge < -0.3 is 10.5 Å². The van der Waals surface area contributed by atoms with E-state index in [1.807, 2.05) is 18.2 Å². The molecule has 0 saturated heterocycles. The smallest absolute Gasteiger partial charge is 0.188 e. The summed E-state index contributed by atoms with van der Waals surface area (Å²) >= 11 is 3.56. The van der Waals surface area contributed by atoms with Gasteiger partial charge in [-0.05, 0) is 30.9 Å². The fraction of sp³-hybridized carbons (Fsp3) is 0.500. The van der Waals surface area contributed by atoms with Crippen molar-refractivity contribution in [2.24, 2.45) is 10.7 Å². The standard InChI is InChI=1S/C14H17BrN2O/c15-11-4-2-1-3-9(11)7-14-17-12-8-10(16)5-6-13(12)18-14/h1-4,10,12-13H,5-8,16H2. The Bertz CT molecular complexity index is 475. The number of benzene rings is 1. The Labute approximate surface area is 116 Å². The van der Waals surface area contributed by atoms with Crippen LogP contribution in [0.15, 0.2) is 33.7 Å². The number of halogens is 1. The van der Waals surface area contributed by atoms with Crippen LogP contribution in [0.2, 0.25) is 0 Å². The third-order valence-corrected chi connectivity index (χ3v) is 4.47. The molecule has 0 radical (unpaired) electrons. The molecule has 0 bridgehead atoms. The first-order valence-corrected chi connectivity index (χ1v) is 7.24. The molecule has 1 aliphatic carbocycles. The number of hydrogen-bond donors (Lipinski definition) is 1. The van der Waals surface area contributed by atoms with Gasteiger partial charge in [0.15, 0.2) is 5.90 Å². The van der Waals surface area contributed by atoms with E-state index in [1.165, 1.54) is 5.56 Å². The van der Waals surface area contributed by atoms with Crippen LogP contribution in [0.5, 0.6) is 0 Å². The van der Waals surface area contributed by atoms with Crippen LogP contribution in [0.1, 0.15) is 24.8 Å². The molecule has 1 heterocycles. The fourth-order valence-corrected chi connectivity index (χ4v) is 3.13. The van der Waals surface area contributed by atoms with Crippen LogP contribution < -0.4 is 5.73 Å². The highest BCUT2D eigenvalue weighted by atomic mass is 79.9. The Morgan fingerprint density at radius 2 is 2.17 bits per heavy atom. The maximum atomic E-state index is 5.98. The molecular weight excluding hydrogens is 292 g/mol. The van der Waals surface area contributed by atoms with Crippen LogP contribution >= 0.6 is 15.9 Å². The maximum Gasteiger partial charge on any atom is 0.188 e. The Balaban J connectivity index is 1.72. The number of nitrogens with zero attached hydrogens (tertiary/aromatic N) is 1. The maximum absolute atomic E-state index is 5.98. The molecule has 1 aromatic rings. The molecule has 1 aliphatic heterocycles. The first-order valence-electron chi connectivity index (χ1n) is 6.44. The average molecular weight is 309 g/mol. The SMILES string of the molecule is NC1CCC2OC(Cc3ccccc3Br)=NC2C1. The molecule has 2 aliphatic rings. The summed E-state index contributed by atoms with van der Waals surface area (Å²) in [5, 5.41) is 0. The molecule has 3 nitrogen and oxygen atoms in total. The summed E-state index contributed by atoms with van der Waals surface area (Å²) in [5.41, 5.74) is 7.20. The summed E-state index contributed by atoms with van der Waals surface area (Å²) in [6, 6.07) is 8.78. The molecule has 1 saturated carbocycles. The first kappa shape index (κ1) is 12.2. The van der Waals surface area contributed by atoms with Gasteiger partial charge in [0.1, 0.15) is 6.10 Å². The minimum Gasteiger partial charge on any atom is -0.475 e. The van der Waals surface area contributed by atoms with Gasteiger partial charge in [-0.3, -0.25) is 0 Å². The minimum atomic E-state index is 0.266. The molecule has 0 spiro atoms. The summed E-state index contributed by atoms with van der Waals surface area (Å²) < 4.78 is 7.06. The molecule has 18 heavy (non-hydrogen) atoms. The lowest BCUT2D eigenvalue weighted by atomic mass is 9.90. The lowest BCUT2D eigenvalue weighted by molar-refractivity contribution is 0.142. The van der Waals surface area contributed by atoms with E-state index in [-0.39, 0.29) is 12.1 Å². The Kier molecular flexibility index (Phi) is 3.39. The highest BCUT2D eigenvalue weighted by Gasteiger charge is 2.35. The van der Waals surface area contributed by atoms with Crippen LogP contribution in [0, 0.1) is 0 Å². The van der Waals surface area contributed by atoms with Gasteiger partial charge >= 0.3 is 0 Å². The third-order valence-electron chi connectivity index (χ3n) is 3.69. The quantitative estimate of drug-likeness (QED) is 0.913. The van der Waals surface area contributed by atoms with Crippen LogP contribution in [-0.2, 0) is 11.2 Å². The molecule has 1 aromatic carbocycles. The third kappa shape index (κ3) is 2.45. The zero-order chi connectivity index (χ0) is 12.5. The van der Waals surface area contributed by atoms with Crippen molar-refractivity contribution in [1.29, 1.82) is 0 Å². The zero-order valence-corrected chi connectivity index (χ0v) is 11.8.